The van der Waals surface area contributed by atoms with Crippen LogP contribution in [0.15, 0.2) is 116 Å². The van der Waals surface area contributed by atoms with Gasteiger partial charge in [-0.05, 0) is 72.7 Å². The van der Waals surface area contributed by atoms with Crippen LogP contribution < -0.4 is 10.6 Å². The Hall–Kier alpha value is -7.81. The van der Waals surface area contributed by atoms with Crippen LogP contribution in [0.2, 0.25) is 0 Å². The Labute approximate surface area is 422 Å². The maximum absolute atomic E-state index is 15.8. The van der Waals surface area contributed by atoms with Crippen molar-refractivity contribution >= 4 is 24.0 Å². The Kier molecular flexibility index (Phi) is 15.2. The standard InChI is InChI=1S/C56H57FN8O8/c57-44-33-37(19-22-43(44)46-35-59-52(61-46)48-14-8-28-65(48)54(67)50(40-11-5-2-6-12-40)63-56(69)73-42-25-31-71-32-26-42)16-15-36-17-20-38(21-18-36)45-34-58-51(60-45)47-13-7-27-64(47)53(66)49(39-9-3-1-4-10-39)62-55(68)72-41-23-29-70-30-24-41/h1-6,9-12,17-22,33-35,41-42,47-50H,7-8,13-14,23-32H2,(H,58,60)(H,59,61)(H,62,68)(H,63,69). The molecule has 0 radical (unpaired) electrons. The van der Waals surface area contributed by atoms with Gasteiger partial charge in [0.15, 0.2) is 0 Å². The lowest BCUT2D eigenvalue weighted by Crippen LogP contribution is -2.44. The van der Waals surface area contributed by atoms with Gasteiger partial charge in [0.2, 0.25) is 0 Å². The summed E-state index contributed by atoms with van der Waals surface area (Å²) in [6.45, 7) is 3.06. The third kappa shape index (κ3) is 11.6. The molecule has 17 heteroatoms. The van der Waals surface area contributed by atoms with Crippen LogP contribution in [0.5, 0.6) is 0 Å². The van der Waals surface area contributed by atoms with Crippen molar-refractivity contribution in [2.24, 2.45) is 0 Å². The van der Waals surface area contributed by atoms with E-state index in [0.29, 0.717) is 118 Å². The summed E-state index contributed by atoms with van der Waals surface area (Å²) in [6.07, 6.45) is 6.76. The van der Waals surface area contributed by atoms with E-state index in [4.69, 9.17) is 23.9 Å². The number of amides is 4. The van der Waals surface area contributed by atoms with Crippen molar-refractivity contribution < 1.29 is 42.5 Å². The van der Waals surface area contributed by atoms with E-state index in [2.05, 4.69) is 37.4 Å². The predicted octanol–water partition coefficient (Wildman–Crippen LogP) is 8.63. The second-order valence-corrected chi connectivity index (χ2v) is 18.7. The van der Waals surface area contributed by atoms with E-state index >= 15 is 4.39 Å². The zero-order valence-corrected chi connectivity index (χ0v) is 40.3. The second-order valence-electron chi connectivity index (χ2n) is 18.7. The largest absolute Gasteiger partial charge is 0.446 e. The number of halogens is 1. The fourth-order valence-electron chi connectivity index (χ4n) is 10.0. The van der Waals surface area contributed by atoms with Crippen molar-refractivity contribution in [3.8, 4) is 34.4 Å². The molecule has 6 heterocycles. The minimum atomic E-state index is -0.974. The molecule has 4 amide bonds. The first kappa shape index (κ1) is 48.8. The summed E-state index contributed by atoms with van der Waals surface area (Å²) < 4.78 is 37.9. The van der Waals surface area contributed by atoms with Gasteiger partial charge in [-0.3, -0.25) is 9.59 Å². The maximum atomic E-state index is 15.8. The molecule has 4 atom stereocenters. The van der Waals surface area contributed by atoms with Crippen molar-refractivity contribution in [2.75, 3.05) is 39.5 Å². The number of rotatable bonds is 12. The quantitative estimate of drug-likeness (QED) is 0.0863. The number of carbonyl (C=O) groups is 4. The van der Waals surface area contributed by atoms with E-state index in [1.165, 1.54) is 6.07 Å². The summed E-state index contributed by atoms with van der Waals surface area (Å²) in [4.78, 5) is 74.2. The molecule has 376 valence electrons. The molecule has 4 saturated heterocycles. The Morgan fingerprint density at radius 1 is 0.603 bits per heavy atom. The van der Waals surface area contributed by atoms with Crippen molar-refractivity contribution in [1.82, 2.24) is 40.4 Å². The third-order valence-corrected chi connectivity index (χ3v) is 13.9. The molecule has 6 aromatic rings. The van der Waals surface area contributed by atoms with Gasteiger partial charge < -0.3 is 49.3 Å². The summed E-state index contributed by atoms with van der Waals surface area (Å²) in [7, 11) is 0. The number of carbonyl (C=O) groups excluding carboxylic acids is 4. The number of hydrogen-bond donors (Lipinski definition) is 4. The van der Waals surface area contributed by atoms with Crippen LogP contribution in [0, 0.1) is 17.7 Å². The lowest BCUT2D eigenvalue weighted by atomic mass is 10.0. The van der Waals surface area contributed by atoms with Gasteiger partial charge in [-0.2, -0.15) is 0 Å². The average Bonchev–Trinajstić information content (AvgIpc) is 4.28. The molecule has 4 N–H and O–H groups in total. The molecule has 4 unspecified atom stereocenters. The fourth-order valence-corrected chi connectivity index (χ4v) is 10.0. The lowest BCUT2D eigenvalue weighted by Gasteiger charge is -2.29. The van der Waals surface area contributed by atoms with Gasteiger partial charge in [0.05, 0.1) is 62.3 Å². The summed E-state index contributed by atoms with van der Waals surface area (Å²) in [6, 6.07) is 28.1. The van der Waals surface area contributed by atoms with E-state index in [1.807, 2.05) is 72.8 Å². The van der Waals surface area contributed by atoms with Crippen LogP contribution in [0.3, 0.4) is 0 Å². The summed E-state index contributed by atoms with van der Waals surface area (Å²) in [5.74, 6) is 6.39. The highest BCUT2D eigenvalue weighted by Gasteiger charge is 2.39. The molecule has 0 bridgehead atoms. The van der Waals surface area contributed by atoms with E-state index in [-0.39, 0.29) is 30.1 Å². The highest BCUT2D eigenvalue weighted by Crippen LogP contribution is 2.36. The smallest absolute Gasteiger partial charge is 0.408 e. The van der Waals surface area contributed by atoms with Gasteiger partial charge in [-0.1, -0.05) is 84.6 Å². The zero-order valence-electron chi connectivity index (χ0n) is 40.3. The van der Waals surface area contributed by atoms with Crippen LogP contribution in [-0.2, 0) is 28.5 Å². The number of likely N-dealkylation sites (tertiary alicyclic amines) is 2. The number of aromatic amines is 2. The first-order valence-electron chi connectivity index (χ1n) is 25.1. The number of H-pyrrole nitrogens is 2. The van der Waals surface area contributed by atoms with Crippen molar-refractivity contribution in [3.63, 3.8) is 0 Å². The lowest BCUT2D eigenvalue weighted by molar-refractivity contribution is -0.135. The number of ether oxygens (including phenoxy) is 4. The van der Waals surface area contributed by atoms with Gasteiger partial charge >= 0.3 is 12.2 Å². The normalized spacial score (nSPS) is 19.1. The van der Waals surface area contributed by atoms with Gasteiger partial charge in [0.1, 0.15) is 41.8 Å². The van der Waals surface area contributed by atoms with E-state index in [0.717, 1.165) is 29.7 Å². The average molecular weight is 989 g/mol. The molecule has 0 saturated carbocycles. The van der Waals surface area contributed by atoms with E-state index in [1.54, 1.807) is 46.5 Å². The first-order valence-corrected chi connectivity index (χ1v) is 25.1. The van der Waals surface area contributed by atoms with E-state index < -0.39 is 36.1 Å². The monoisotopic (exact) mass is 988 g/mol. The molecule has 4 aromatic carbocycles. The summed E-state index contributed by atoms with van der Waals surface area (Å²) in [5.41, 5.74) is 4.93. The maximum Gasteiger partial charge on any atom is 0.408 e. The Balaban J connectivity index is 0.771. The number of benzene rings is 4. The predicted molar refractivity (Wildman–Crippen MR) is 267 cm³/mol. The number of hydrogen-bond acceptors (Lipinski definition) is 10. The van der Waals surface area contributed by atoms with Crippen LogP contribution in [0.1, 0.15) is 109 Å². The Morgan fingerprint density at radius 3 is 1.58 bits per heavy atom. The molecule has 4 aliphatic rings. The van der Waals surface area contributed by atoms with Crippen LogP contribution in [0.4, 0.5) is 14.0 Å². The molecule has 0 spiro atoms. The Bertz CT molecular complexity index is 2940. The van der Waals surface area contributed by atoms with Gasteiger partial charge in [-0.15, -0.1) is 0 Å². The number of nitrogens with one attached hydrogen (secondary N) is 4. The van der Waals surface area contributed by atoms with Gasteiger partial charge in [0.25, 0.3) is 11.8 Å². The molecule has 4 aliphatic heterocycles. The molecule has 2 aromatic heterocycles. The first-order chi connectivity index (χ1) is 35.7. The summed E-state index contributed by atoms with van der Waals surface area (Å²) >= 11 is 0. The fraction of sp³-hybridized carbons (Fsp3) is 0.357. The van der Waals surface area contributed by atoms with Crippen molar-refractivity contribution in [2.45, 2.75) is 87.7 Å². The number of imidazole rings is 2. The molecular weight excluding hydrogens is 932 g/mol. The van der Waals surface area contributed by atoms with Gasteiger partial charge in [0, 0.05) is 55.5 Å². The Morgan fingerprint density at radius 2 is 1.07 bits per heavy atom. The SMILES string of the molecule is O=C(NC(C(=O)N1CCCC1c1ncc(-c2ccc(C#Cc3ccc(-c4cnc(C5CCCN5C(=O)C(NC(=O)OC5CCOCC5)c5ccccc5)[nH]4)c(F)c3)cc2)[nH]1)c1ccccc1)OC1CCOCC1. The van der Waals surface area contributed by atoms with Crippen LogP contribution in [0.25, 0.3) is 22.5 Å². The van der Waals surface area contributed by atoms with Crippen molar-refractivity contribution in [1.29, 1.82) is 0 Å². The molecule has 4 fully saturated rings. The molecule has 10 rings (SSSR count). The molecule has 16 nitrogen and oxygen atoms in total. The number of nitrogens with zero attached hydrogens (tertiary/aromatic N) is 4. The third-order valence-electron chi connectivity index (χ3n) is 13.9. The topological polar surface area (TPSA) is 193 Å². The molecular formula is C56H57FN8O8. The minimum absolute atomic E-state index is 0.236. The highest BCUT2D eigenvalue weighted by atomic mass is 19.1. The minimum Gasteiger partial charge on any atom is -0.446 e. The zero-order chi connectivity index (χ0) is 50.1. The highest BCUT2D eigenvalue weighted by molar-refractivity contribution is 5.88. The summed E-state index contributed by atoms with van der Waals surface area (Å²) in [5, 5.41) is 5.67. The number of aromatic nitrogens is 4. The van der Waals surface area contributed by atoms with E-state index in [9.17, 15) is 19.2 Å². The second kappa shape index (κ2) is 22.7. The number of alkyl carbamates (subject to hydrolysis) is 2. The van der Waals surface area contributed by atoms with Crippen molar-refractivity contribution in [3.05, 3.63) is 155 Å². The molecule has 73 heavy (non-hydrogen) atoms. The van der Waals surface area contributed by atoms with Crippen LogP contribution in [-0.4, -0.2) is 105 Å². The molecule has 0 aliphatic carbocycles. The van der Waals surface area contributed by atoms with Gasteiger partial charge in [-0.25, -0.2) is 23.9 Å². The van der Waals surface area contributed by atoms with Crippen LogP contribution >= 0.6 is 0 Å².